The van der Waals surface area contributed by atoms with E-state index < -0.39 is 17.2 Å². The first-order valence-corrected chi connectivity index (χ1v) is 12.9. The molecule has 3 aromatic rings. The summed E-state index contributed by atoms with van der Waals surface area (Å²) in [5.74, 6) is 0.337. The van der Waals surface area contributed by atoms with Gasteiger partial charge in [0.2, 0.25) is 0 Å². The molecule has 200 valence electrons. The van der Waals surface area contributed by atoms with Crippen LogP contribution in [0.2, 0.25) is 0 Å². The summed E-state index contributed by atoms with van der Waals surface area (Å²) in [5, 5.41) is 9.46. The van der Waals surface area contributed by atoms with E-state index in [0.29, 0.717) is 65.6 Å². The Morgan fingerprint density at radius 3 is 2.62 bits per heavy atom. The van der Waals surface area contributed by atoms with Gasteiger partial charge in [0.25, 0.3) is 5.56 Å². The topological polar surface area (TPSA) is 107 Å². The van der Waals surface area contributed by atoms with Crippen molar-refractivity contribution in [2.24, 2.45) is 5.41 Å². The number of nitriles is 1. The summed E-state index contributed by atoms with van der Waals surface area (Å²) in [6.07, 6.45) is -0.576. The Morgan fingerprint density at radius 1 is 1.18 bits per heavy atom. The van der Waals surface area contributed by atoms with Crippen molar-refractivity contribution in [3.05, 3.63) is 68.5 Å². The zero-order valence-electron chi connectivity index (χ0n) is 21.5. The highest BCUT2D eigenvalue weighted by molar-refractivity contribution is 5.87. The number of aryl methyl sites for hydroxylation is 2. The highest BCUT2D eigenvalue weighted by atomic mass is 19.4. The highest BCUT2D eigenvalue weighted by Gasteiger charge is 2.44. The minimum Gasteiger partial charge on any atom is -0.373 e. The van der Waals surface area contributed by atoms with Gasteiger partial charge in [0, 0.05) is 43.3 Å². The van der Waals surface area contributed by atoms with Crippen LogP contribution in [0.1, 0.15) is 72.6 Å². The molecule has 2 unspecified atom stereocenters. The average molecular weight is 535 g/mol. The van der Waals surface area contributed by atoms with Gasteiger partial charge in [-0.3, -0.25) is 4.79 Å². The standard InChI is InChI=1S/C28H25F3N6O2/c1-15-16(2)34-26-24(33-15)23(19-9-20(10-19)28(29,30)31)35-25(36-26)17-5-8-39-21(11-17)18-3-4-22(38)37(12-18)14-27(13-32)6-7-27/h3-4,12,17,21H,5-9,11,14H2,1-2H3. The summed E-state index contributed by atoms with van der Waals surface area (Å²) in [6, 6.07) is 5.56. The van der Waals surface area contributed by atoms with Gasteiger partial charge >= 0.3 is 6.18 Å². The number of fused-ring (bicyclic) bond motifs is 1. The van der Waals surface area contributed by atoms with Crippen LogP contribution in [-0.4, -0.2) is 37.3 Å². The zero-order chi connectivity index (χ0) is 27.5. The van der Waals surface area contributed by atoms with Gasteiger partial charge in [0.15, 0.2) is 5.65 Å². The minimum atomic E-state index is -4.43. The first-order valence-electron chi connectivity index (χ1n) is 12.9. The van der Waals surface area contributed by atoms with Crippen molar-refractivity contribution in [1.82, 2.24) is 24.5 Å². The summed E-state index contributed by atoms with van der Waals surface area (Å²) in [7, 11) is 0. The quantitative estimate of drug-likeness (QED) is 0.424. The van der Waals surface area contributed by atoms with Crippen LogP contribution in [-0.2, 0) is 11.3 Å². The molecule has 2 atom stereocenters. The maximum Gasteiger partial charge on any atom is 0.420 e. The van der Waals surface area contributed by atoms with Crippen LogP contribution in [0.5, 0.6) is 0 Å². The fourth-order valence-electron chi connectivity index (χ4n) is 5.09. The molecule has 6 rings (SSSR count). The lowest BCUT2D eigenvalue weighted by molar-refractivity contribution is -0.0934. The maximum absolute atomic E-state index is 13.1. The second-order valence-corrected chi connectivity index (χ2v) is 10.7. The minimum absolute atomic E-state index is 0.142. The molecule has 2 aliphatic carbocycles. The lowest BCUT2D eigenvalue weighted by Crippen LogP contribution is -2.26. The lowest BCUT2D eigenvalue weighted by atomic mass is 9.90. The van der Waals surface area contributed by atoms with E-state index in [-0.39, 0.29) is 24.0 Å². The number of allylic oxidation sites excluding steroid dienone is 1. The molecule has 0 bridgehead atoms. The van der Waals surface area contributed by atoms with Crippen molar-refractivity contribution in [3.63, 3.8) is 0 Å². The maximum atomic E-state index is 13.1. The summed E-state index contributed by atoms with van der Waals surface area (Å²) >= 11 is 0. The van der Waals surface area contributed by atoms with Crippen molar-refractivity contribution < 1.29 is 17.9 Å². The molecule has 0 amide bonds. The van der Waals surface area contributed by atoms with Crippen molar-refractivity contribution >= 4 is 16.7 Å². The van der Waals surface area contributed by atoms with Crippen LogP contribution in [0.4, 0.5) is 13.2 Å². The molecule has 3 aliphatic rings. The van der Waals surface area contributed by atoms with E-state index in [2.05, 4.69) is 21.8 Å². The molecule has 0 radical (unpaired) electrons. The molecule has 39 heavy (non-hydrogen) atoms. The zero-order valence-corrected chi connectivity index (χ0v) is 21.5. The number of rotatable bonds is 5. The van der Waals surface area contributed by atoms with Gasteiger partial charge in [0.1, 0.15) is 17.0 Å². The Morgan fingerprint density at radius 2 is 1.92 bits per heavy atom. The van der Waals surface area contributed by atoms with Crippen molar-refractivity contribution in [2.75, 3.05) is 6.61 Å². The second-order valence-electron chi connectivity index (χ2n) is 10.7. The van der Waals surface area contributed by atoms with Gasteiger partial charge in [-0.2, -0.15) is 18.4 Å². The van der Waals surface area contributed by atoms with Crippen LogP contribution in [0.25, 0.3) is 16.7 Å². The Balaban J connectivity index is 1.35. The summed E-state index contributed by atoms with van der Waals surface area (Å²) in [6.45, 7) is 4.37. The van der Waals surface area contributed by atoms with E-state index in [9.17, 15) is 23.2 Å². The van der Waals surface area contributed by atoms with E-state index in [1.54, 1.807) is 23.8 Å². The van der Waals surface area contributed by atoms with Gasteiger partial charge in [-0.15, -0.1) is 5.73 Å². The second kappa shape index (κ2) is 9.11. The molecule has 1 aliphatic heterocycles. The van der Waals surface area contributed by atoms with Crippen LogP contribution in [0.15, 0.2) is 34.4 Å². The molecule has 11 heteroatoms. The number of pyridine rings is 1. The fourth-order valence-corrected chi connectivity index (χ4v) is 5.09. The third-order valence-corrected chi connectivity index (χ3v) is 7.83. The largest absolute Gasteiger partial charge is 0.420 e. The predicted molar refractivity (Wildman–Crippen MR) is 134 cm³/mol. The summed E-state index contributed by atoms with van der Waals surface area (Å²) < 4.78 is 47.1. The SMILES string of the molecule is Cc1nc2nc(C3CCOC(c4ccc(=O)n(CC5(C#N)CC5)c4)C3)nc(C3=C=C(C(F)(F)F)C3)c2nc1C. The Kier molecular flexibility index (Phi) is 5.93. The van der Waals surface area contributed by atoms with Gasteiger partial charge < -0.3 is 9.30 Å². The van der Waals surface area contributed by atoms with E-state index in [1.165, 1.54) is 6.07 Å². The van der Waals surface area contributed by atoms with Crippen molar-refractivity contribution in [3.8, 4) is 6.07 Å². The molecule has 1 saturated carbocycles. The third-order valence-electron chi connectivity index (χ3n) is 7.83. The number of hydrogen-bond acceptors (Lipinski definition) is 7. The monoisotopic (exact) mass is 534 g/mol. The molecule has 0 spiro atoms. The Bertz CT molecular complexity index is 1680. The molecule has 0 aromatic carbocycles. The first kappa shape index (κ1) is 25.4. The predicted octanol–water partition coefficient (Wildman–Crippen LogP) is 5.01. The van der Waals surface area contributed by atoms with Gasteiger partial charge in [0.05, 0.1) is 34.5 Å². The van der Waals surface area contributed by atoms with Crippen molar-refractivity contribution in [2.45, 2.75) is 70.7 Å². The molecular formula is C28H25F3N6O2. The number of halogens is 3. The fraction of sp³-hybridized carbons (Fsp3) is 0.464. The molecule has 4 heterocycles. The van der Waals surface area contributed by atoms with E-state index in [0.717, 1.165) is 18.4 Å². The van der Waals surface area contributed by atoms with Crippen LogP contribution >= 0.6 is 0 Å². The summed E-state index contributed by atoms with van der Waals surface area (Å²) in [4.78, 5) is 31.0. The van der Waals surface area contributed by atoms with Gasteiger partial charge in [-0.25, -0.2) is 19.9 Å². The summed E-state index contributed by atoms with van der Waals surface area (Å²) in [5.41, 5.74) is 4.64. The number of aromatic nitrogens is 5. The first-order chi connectivity index (χ1) is 18.5. The van der Waals surface area contributed by atoms with Crippen LogP contribution < -0.4 is 5.56 Å². The smallest absolute Gasteiger partial charge is 0.373 e. The normalized spacial score (nSPS) is 22.1. The third kappa shape index (κ3) is 4.75. The molecular weight excluding hydrogens is 509 g/mol. The molecule has 2 fully saturated rings. The number of hydrogen-bond donors (Lipinski definition) is 0. The van der Waals surface area contributed by atoms with Crippen LogP contribution in [0, 0.1) is 30.6 Å². The van der Waals surface area contributed by atoms with Crippen molar-refractivity contribution in [1.29, 1.82) is 5.26 Å². The van der Waals surface area contributed by atoms with E-state index >= 15 is 0 Å². The Hall–Kier alpha value is -3.87. The number of alkyl halides is 3. The number of ether oxygens (including phenoxy) is 1. The molecule has 1 saturated heterocycles. The molecule has 8 nitrogen and oxygen atoms in total. The van der Waals surface area contributed by atoms with Gasteiger partial charge in [-0.1, -0.05) is 0 Å². The average Bonchev–Trinajstić information content (AvgIpc) is 3.64. The van der Waals surface area contributed by atoms with Gasteiger partial charge in [-0.05, 0) is 51.2 Å². The van der Waals surface area contributed by atoms with E-state index in [4.69, 9.17) is 14.7 Å². The molecule has 0 N–H and O–H groups in total. The van der Waals surface area contributed by atoms with E-state index in [1.807, 2.05) is 6.92 Å². The number of nitrogens with zero attached hydrogens (tertiary/aromatic N) is 6. The lowest BCUT2D eigenvalue weighted by Gasteiger charge is -2.30. The Labute approximate surface area is 221 Å². The highest BCUT2D eigenvalue weighted by Crippen LogP contribution is 2.46. The molecule has 3 aromatic heterocycles. The van der Waals surface area contributed by atoms with Crippen LogP contribution in [0.3, 0.4) is 0 Å².